The molecule has 0 bridgehead atoms. The van der Waals surface area contributed by atoms with Crippen LogP contribution in [0, 0.1) is 6.92 Å². The third-order valence-corrected chi connectivity index (χ3v) is 5.64. The Hall–Kier alpha value is -1.11. The molecule has 0 amide bonds. The fraction of sp³-hybridized carbons (Fsp3) is 0.571. The van der Waals surface area contributed by atoms with Gasteiger partial charge in [-0.2, -0.15) is 4.31 Å². The van der Waals surface area contributed by atoms with E-state index in [9.17, 15) is 8.42 Å². The molecule has 1 aromatic rings. The molecule has 112 valence electrons. The van der Waals surface area contributed by atoms with Crippen molar-refractivity contribution in [3.05, 3.63) is 23.8 Å². The molecule has 1 saturated heterocycles. The highest BCUT2D eigenvalue weighted by Crippen LogP contribution is 2.24. The van der Waals surface area contributed by atoms with Crippen molar-refractivity contribution in [2.24, 2.45) is 0 Å². The second-order valence-corrected chi connectivity index (χ2v) is 7.64. The number of hydrogen-bond donors (Lipinski definition) is 1. The summed E-state index contributed by atoms with van der Waals surface area (Å²) >= 11 is 0. The lowest BCUT2D eigenvalue weighted by molar-refractivity contribution is 0.190. The van der Waals surface area contributed by atoms with Crippen LogP contribution in [0.5, 0.6) is 0 Å². The van der Waals surface area contributed by atoms with Gasteiger partial charge in [-0.1, -0.05) is 0 Å². The monoisotopic (exact) mass is 297 g/mol. The Labute approximate surface area is 121 Å². The lowest BCUT2D eigenvalue weighted by atomic mass is 10.1. The van der Waals surface area contributed by atoms with Crippen molar-refractivity contribution in [2.45, 2.75) is 30.7 Å². The maximum Gasteiger partial charge on any atom is 0.243 e. The Morgan fingerprint density at radius 2 is 2.00 bits per heavy atom. The Morgan fingerprint density at radius 3 is 2.60 bits per heavy atom. The van der Waals surface area contributed by atoms with Gasteiger partial charge in [0.25, 0.3) is 0 Å². The molecule has 2 N–H and O–H groups in total. The first kappa shape index (κ1) is 15.3. The van der Waals surface area contributed by atoms with E-state index in [1.54, 1.807) is 22.5 Å². The minimum absolute atomic E-state index is 0.278. The van der Waals surface area contributed by atoms with Gasteiger partial charge in [0.2, 0.25) is 10.0 Å². The third-order valence-electron chi connectivity index (χ3n) is 3.80. The van der Waals surface area contributed by atoms with E-state index in [2.05, 4.69) is 4.90 Å². The summed E-state index contributed by atoms with van der Waals surface area (Å²) in [5.74, 6) is 0. The molecule has 5 nitrogen and oxygen atoms in total. The number of aryl methyl sites for hydroxylation is 1. The van der Waals surface area contributed by atoms with E-state index in [1.807, 2.05) is 21.0 Å². The molecule has 0 saturated carbocycles. The summed E-state index contributed by atoms with van der Waals surface area (Å²) in [7, 11) is 0.536. The van der Waals surface area contributed by atoms with Gasteiger partial charge in [0, 0.05) is 24.8 Å². The summed E-state index contributed by atoms with van der Waals surface area (Å²) < 4.78 is 27.0. The van der Waals surface area contributed by atoms with Crippen LogP contribution >= 0.6 is 0 Å². The largest absolute Gasteiger partial charge is 0.399 e. The standard InChI is InChI=1S/C14H23N3O2S/c1-11-7-12(15)9-14(8-11)20(18,19)17-6-4-5-13(10-17)16(2)3/h7-9,13H,4-6,10,15H2,1-3H3. The number of hydrogen-bond acceptors (Lipinski definition) is 4. The van der Waals surface area contributed by atoms with Crippen molar-refractivity contribution < 1.29 is 8.42 Å². The van der Waals surface area contributed by atoms with E-state index in [1.165, 1.54) is 0 Å². The Kier molecular flexibility index (Phi) is 4.36. The summed E-state index contributed by atoms with van der Waals surface area (Å²) in [4.78, 5) is 2.39. The first-order valence-corrected chi connectivity index (χ1v) is 8.28. The van der Waals surface area contributed by atoms with Crippen LogP contribution < -0.4 is 5.73 Å². The molecule has 1 unspecified atom stereocenters. The van der Waals surface area contributed by atoms with E-state index in [0.717, 1.165) is 18.4 Å². The summed E-state index contributed by atoms with van der Waals surface area (Å²) in [5.41, 5.74) is 7.13. The molecule has 2 rings (SSSR count). The van der Waals surface area contributed by atoms with Gasteiger partial charge in [0.15, 0.2) is 0 Å². The number of nitrogen functional groups attached to an aromatic ring is 1. The quantitative estimate of drug-likeness (QED) is 0.854. The van der Waals surface area contributed by atoms with Gasteiger partial charge in [-0.05, 0) is 57.6 Å². The van der Waals surface area contributed by atoms with Gasteiger partial charge in [-0.3, -0.25) is 0 Å². The van der Waals surface area contributed by atoms with Gasteiger partial charge in [-0.15, -0.1) is 0 Å². The van der Waals surface area contributed by atoms with Crippen LogP contribution in [0.1, 0.15) is 18.4 Å². The molecule has 6 heteroatoms. The third kappa shape index (κ3) is 3.13. The lowest BCUT2D eigenvalue weighted by Gasteiger charge is -2.35. The smallest absolute Gasteiger partial charge is 0.243 e. The first-order chi connectivity index (χ1) is 9.30. The van der Waals surface area contributed by atoms with Gasteiger partial charge in [0.1, 0.15) is 0 Å². The zero-order valence-corrected chi connectivity index (χ0v) is 13.2. The molecule has 0 spiro atoms. The number of likely N-dealkylation sites (N-methyl/N-ethyl adjacent to an activating group) is 1. The van der Waals surface area contributed by atoms with Crippen LogP contribution in [-0.2, 0) is 10.0 Å². The average Bonchev–Trinajstić information content (AvgIpc) is 2.37. The molecular formula is C14H23N3O2S. The highest BCUT2D eigenvalue weighted by atomic mass is 32.2. The second kappa shape index (κ2) is 5.71. The molecule has 0 radical (unpaired) electrons. The van der Waals surface area contributed by atoms with Crippen molar-refractivity contribution in [3.8, 4) is 0 Å². The van der Waals surface area contributed by atoms with Crippen molar-refractivity contribution in [1.82, 2.24) is 9.21 Å². The Bertz CT molecular complexity index is 564. The molecule has 1 aliphatic rings. The zero-order chi connectivity index (χ0) is 14.9. The zero-order valence-electron chi connectivity index (χ0n) is 12.3. The molecule has 1 aromatic carbocycles. The molecule has 20 heavy (non-hydrogen) atoms. The normalized spacial score (nSPS) is 21.3. The lowest BCUT2D eigenvalue weighted by Crippen LogP contribution is -2.47. The number of sulfonamides is 1. The van der Waals surface area contributed by atoms with Crippen molar-refractivity contribution >= 4 is 15.7 Å². The predicted octanol–water partition coefficient (Wildman–Crippen LogP) is 1.29. The maximum absolute atomic E-state index is 12.7. The van der Waals surface area contributed by atoms with E-state index in [0.29, 0.717) is 23.7 Å². The predicted molar refractivity (Wildman–Crippen MR) is 81.1 cm³/mol. The summed E-state index contributed by atoms with van der Waals surface area (Å²) in [6.07, 6.45) is 1.93. The molecule has 1 aliphatic heterocycles. The molecule has 1 fully saturated rings. The van der Waals surface area contributed by atoms with Crippen molar-refractivity contribution in [1.29, 1.82) is 0 Å². The minimum Gasteiger partial charge on any atom is -0.399 e. The van der Waals surface area contributed by atoms with E-state index in [4.69, 9.17) is 5.73 Å². The SMILES string of the molecule is Cc1cc(N)cc(S(=O)(=O)N2CCCC(N(C)C)C2)c1. The Balaban J connectivity index is 2.30. The summed E-state index contributed by atoms with van der Waals surface area (Å²) in [6.45, 7) is 2.98. The second-order valence-electron chi connectivity index (χ2n) is 5.70. The molecule has 1 heterocycles. The fourth-order valence-electron chi connectivity index (χ4n) is 2.64. The van der Waals surface area contributed by atoms with Crippen LogP contribution in [0.2, 0.25) is 0 Å². The summed E-state index contributed by atoms with van der Waals surface area (Å²) in [6, 6.07) is 5.28. The fourth-order valence-corrected chi connectivity index (χ4v) is 4.29. The minimum atomic E-state index is -3.45. The topological polar surface area (TPSA) is 66.6 Å². The molecule has 0 aromatic heterocycles. The van der Waals surface area contributed by atoms with Crippen LogP contribution in [0.4, 0.5) is 5.69 Å². The number of benzene rings is 1. The van der Waals surface area contributed by atoms with Crippen LogP contribution in [0.3, 0.4) is 0 Å². The number of rotatable bonds is 3. The average molecular weight is 297 g/mol. The number of nitrogens with zero attached hydrogens (tertiary/aromatic N) is 2. The number of piperidine rings is 1. The highest BCUT2D eigenvalue weighted by Gasteiger charge is 2.31. The molecule has 1 atom stereocenters. The van der Waals surface area contributed by atoms with E-state index in [-0.39, 0.29) is 6.04 Å². The van der Waals surface area contributed by atoms with Crippen LogP contribution in [0.25, 0.3) is 0 Å². The first-order valence-electron chi connectivity index (χ1n) is 6.84. The molecule has 0 aliphatic carbocycles. The summed E-state index contributed by atoms with van der Waals surface area (Å²) in [5, 5.41) is 0. The van der Waals surface area contributed by atoms with Gasteiger partial charge < -0.3 is 10.6 Å². The molecular weight excluding hydrogens is 274 g/mol. The van der Waals surface area contributed by atoms with E-state index < -0.39 is 10.0 Å². The number of nitrogens with two attached hydrogens (primary N) is 1. The van der Waals surface area contributed by atoms with Gasteiger partial charge >= 0.3 is 0 Å². The maximum atomic E-state index is 12.7. The van der Waals surface area contributed by atoms with Crippen LogP contribution in [-0.4, -0.2) is 50.8 Å². The number of anilines is 1. The van der Waals surface area contributed by atoms with Gasteiger partial charge in [0.05, 0.1) is 4.90 Å². The van der Waals surface area contributed by atoms with Crippen LogP contribution in [0.15, 0.2) is 23.1 Å². The van der Waals surface area contributed by atoms with E-state index >= 15 is 0 Å². The van der Waals surface area contributed by atoms with Gasteiger partial charge in [-0.25, -0.2) is 8.42 Å². The van der Waals surface area contributed by atoms with Crippen molar-refractivity contribution in [3.63, 3.8) is 0 Å². The highest BCUT2D eigenvalue weighted by molar-refractivity contribution is 7.89. The Morgan fingerprint density at radius 1 is 1.30 bits per heavy atom. The van der Waals surface area contributed by atoms with Crippen molar-refractivity contribution in [2.75, 3.05) is 32.9 Å².